The number of thiazole rings is 1. The van der Waals surface area contributed by atoms with Crippen molar-refractivity contribution in [3.63, 3.8) is 0 Å². The van der Waals surface area contributed by atoms with Crippen LogP contribution < -0.4 is 0 Å². The molecule has 0 saturated carbocycles. The van der Waals surface area contributed by atoms with E-state index in [9.17, 15) is 4.79 Å². The fourth-order valence-corrected chi connectivity index (χ4v) is 2.36. The molecule has 4 heteroatoms. The summed E-state index contributed by atoms with van der Waals surface area (Å²) in [5, 5.41) is 0. The van der Waals surface area contributed by atoms with Crippen LogP contribution in [0.15, 0.2) is 12.3 Å². The van der Waals surface area contributed by atoms with Crippen molar-refractivity contribution in [2.75, 3.05) is 0 Å². The number of hydrogen-bond acceptors (Lipinski definition) is 3. The van der Waals surface area contributed by atoms with Gasteiger partial charge in [0.15, 0.2) is 10.7 Å². The van der Waals surface area contributed by atoms with Crippen LogP contribution in [0.5, 0.6) is 0 Å². The number of hydrogen-bond donors (Lipinski definition) is 0. The summed E-state index contributed by atoms with van der Waals surface area (Å²) in [5.74, 6) is 0.0521. The molecular formula is C11H12N2OS. The largest absolute Gasteiger partial charge is 0.295 e. The lowest BCUT2D eigenvalue weighted by atomic mass is 10.3. The average Bonchev–Trinajstić information content (AvgIpc) is 2.57. The lowest BCUT2D eigenvalue weighted by Gasteiger charge is -1.91. The number of imidazole rings is 1. The van der Waals surface area contributed by atoms with E-state index in [1.165, 1.54) is 4.88 Å². The highest BCUT2D eigenvalue weighted by Crippen LogP contribution is 2.21. The number of aromatic nitrogens is 2. The average molecular weight is 220 g/mol. The summed E-state index contributed by atoms with van der Waals surface area (Å²) >= 11 is 1.65. The normalized spacial score (nSPS) is 11.7. The van der Waals surface area contributed by atoms with E-state index in [1.807, 2.05) is 30.5 Å². The van der Waals surface area contributed by atoms with Gasteiger partial charge in [-0.05, 0) is 32.9 Å². The Labute approximate surface area is 92.1 Å². The summed E-state index contributed by atoms with van der Waals surface area (Å²) < 4.78 is 2.02. The van der Waals surface area contributed by atoms with E-state index >= 15 is 0 Å². The molecular weight excluding hydrogens is 208 g/mol. The fourth-order valence-electron chi connectivity index (χ4n) is 1.48. The number of allylic oxidation sites excluding steroid dienone is 1. The molecule has 0 fully saturated rings. The molecule has 2 heterocycles. The summed E-state index contributed by atoms with van der Waals surface area (Å²) in [4.78, 5) is 17.5. The van der Waals surface area contributed by atoms with Gasteiger partial charge in [0, 0.05) is 11.1 Å². The minimum atomic E-state index is 0.0521. The first kappa shape index (κ1) is 10.1. The second-order valence-corrected chi connectivity index (χ2v) is 4.73. The smallest absolute Gasteiger partial charge is 0.194 e. The van der Waals surface area contributed by atoms with Gasteiger partial charge in [0.05, 0.1) is 11.4 Å². The van der Waals surface area contributed by atoms with Crippen molar-refractivity contribution in [1.82, 2.24) is 9.38 Å². The molecule has 0 N–H and O–H groups in total. The molecule has 0 aliphatic heterocycles. The lowest BCUT2D eigenvalue weighted by molar-refractivity contribution is -0.112. The van der Waals surface area contributed by atoms with Crippen molar-refractivity contribution in [2.45, 2.75) is 20.8 Å². The highest BCUT2D eigenvalue weighted by atomic mass is 32.1. The molecule has 0 saturated heterocycles. The lowest BCUT2D eigenvalue weighted by Crippen LogP contribution is -1.86. The standard InChI is InChI=1S/C11H12N2OS/c1-7(14)4-5-10-9(3)12-11-13(10)6-8(2)15-11/h4-6H,1-3H3/b5-4+. The van der Waals surface area contributed by atoms with Gasteiger partial charge in [-0.25, -0.2) is 4.98 Å². The number of rotatable bonds is 2. The highest BCUT2D eigenvalue weighted by molar-refractivity contribution is 7.17. The third-order valence-electron chi connectivity index (χ3n) is 2.14. The predicted molar refractivity (Wildman–Crippen MR) is 62.3 cm³/mol. The van der Waals surface area contributed by atoms with Crippen molar-refractivity contribution in [2.24, 2.45) is 0 Å². The molecule has 0 bridgehead atoms. The molecule has 0 spiro atoms. The number of carbonyl (C=O) groups excluding carboxylic acids is 1. The van der Waals surface area contributed by atoms with Gasteiger partial charge in [-0.1, -0.05) is 0 Å². The topological polar surface area (TPSA) is 34.4 Å². The molecule has 15 heavy (non-hydrogen) atoms. The summed E-state index contributed by atoms with van der Waals surface area (Å²) in [6.07, 6.45) is 5.44. The van der Waals surface area contributed by atoms with E-state index in [0.29, 0.717) is 0 Å². The quantitative estimate of drug-likeness (QED) is 0.729. The van der Waals surface area contributed by atoms with E-state index in [2.05, 4.69) is 4.98 Å². The van der Waals surface area contributed by atoms with Crippen molar-refractivity contribution in [1.29, 1.82) is 0 Å². The van der Waals surface area contributed by atoms with Gasteiger partial charge in [0.2, 0.25) is 0 Å². The number of fused-ring (bicyclic) bond motifs is 1. The second kappa shape index (κ2) is 3.62. The second-order valence-electron chi connectivity index (χ2n) is 3.52. The fraction of sp³-hybridized carbons (Fsp3) is 0.273. The molecule has 0 unspecified atom stereocenters. The Hall–Kier alpha value is -1.42. The zero-order chi connectivity index (χ0) is 11.0. The Bertz CT molecular complexity index is 548. The highest BCUT2D eigenvalue weighted by Gasteiger charge is 2.08. The molecule has 78 valence electrons. The van der Waals surface area contributed by atoms with Gasteiger partial charge in [-0.15, -0.1) is 11.3 Å². The zero-order valence-corrected chi connectivity index (χ0v) is 9.76. The first-order valence-corrected chi connectivity index (χ1v) is 5.53. The van der Waals surface area contributed by atoms with Crippen molar-refractivity contribution < 1.29 is 4.79 Å². The van der Waals surface area contributed by atoms with Gasteiger partial charge >= 0.3 is 0 Å². The Morgan fingerprint density at radius 2 is 2.27 bits per heavy atom. The third kappa shape index (κ3) is 1.85. The summed E-state index contributed by atoms with van der Waals surface area (Å²) in [6, 6.07) is 0. The van der Waals surface area contributed by atoms with Crippen LogP contribution in [0.1, 0.15) is 23.2 Å². The van der Waals surface area contributed by atoms with Gasteiger partial charge < -0.3 is 0 Å². The van der Waals surface area contributed by atoms with Crippen LogP contribution in [-0.4, -0.2) is 15.2 Å². The molecule has 3 nitrogen and oxygen atoms in total. The number of nitrogens with zero attached hydrogens (tertiary/aromatic N) is 2. The van der Waals surface area contributed by atoms with E-state index in [1.54, 1.807) is 24.3 Å². The van der Waals surface area contributed by atoms with Gasteiger partial charge in [-0.3, -0.25) is 9.20 Å². The zero-order valence-electron chi connectivity index (χ0n) is 8.94. The third-order valence-corrected chi connectivity index (χ3v) is 3.04. The number of ketones is 1. The van der Waals surface area contributed by atoms with Crippen molar-refractivity contribution in [3.8, 4) is 0 Å². The monoisotopic (exact) mass is 220 g/mol. The summed E-state index contributed by atoms with van der Waals surface area (Å²) in [7, 11) is 0. The molecule has 0 aliphatic carbocycles. The molecule has 2 aromatic rings. The summed E-state index contributed by atoms with van der Waals surface area (Å²) in [5.41, 5.74) is 1.95. The van der Waals surface area contributed by atoms with Gasteiger partial charge in [0.25, 0.3) is 0 Å². The minimum Gasteiger partial charge on any atom is -0.295 e. The first-order valence-electron chi connectivity index (χ1n) is 4.71. The van der Waals surface area contributed by atoms with Gasteiger partial charge in [0.1, 0.15) is 0 Å². The minimum absolute atomic E-state index is 0.0521. The molecule has 2 aromatic heterocycles. The van der Waals surface area contributed by atoms with Crippen LogP contribution in [0.3, 0.4) is 0 Å². The van der Waals surface area contributed by atoms with Crippen molar-refractivity contribution >= 4 is 28.2 Å². The molecule has 0 radical (unpaired) electrons. The Balaban J connectivity index is 2.57. The Kier molecular flexibility index (Phi) is 2.44. The SMILES string of the molecule is CC(=O)/C=C/c1c(C)nc2sc(C)cn12. The molecule has 2 rings (SSSR count). The number of aryl methyl sites for hydroxylation is 2. The van der Waals surface area contributed by atoms with Crippen LogP contribution in [0.2, 0.25) is 0 Å². The van der Waals surface area contributed by atoms with E-state index in [0.717, 1.165) is 16.3 Å². The molecule has 0 amide bonds. The summed E-state index contributed by atoms with van der Waals surface area (Å²) in [6.45, 7) is 5.55. The Morgan fingerprint density at radius 3 is 2.93 bits per heavy atom. The maximum atomic E-state index is 10.9. The van der Waals surface area contributed by atoms with Crippen LogP contribution in [0.4, 0.5) is 0 Å². The first-order chi connectivity index (χ1) is 7.08. The van der Waals surface area contributed by atoms with E-state index in [4.69, 9.17) is 0 Å². The van der Waals surface area contributed by atoms with E-state index < -0.39 is 0 Å². The maximum absolute atomic E-state index is 10.9. The number of carbonyl (C=O) groups is 1. The van der Waals surface area contributed by atoms with Gasteiger partial charge in [-0.2, -0.15) is 0 Å². The van der Waals surface area contributed by atoms with Crippen LogP contribution in [-0.2, 0) is 4.79 Å². The van der Waals surface area contributed by atoms with Crippen LogP contribution in [0, 0.1) is 13.8 Å². The predicted octanol–water partition coefficient (Wildman–Crippen LogP) is 2.61. The van der Waals surface area contributed by atoms with E-state index in [-0.39, 0.29) is 5.78 Å². The van der Waals surface area contributed by atoms with Crippen molar-refractivity contribution in [3.05, 3.63) is 28.5 Å². The maximum Gasteiger partial charge on any atom is 0.194 e. The molecule has 0 aromatic carbocycles. The Morgan fingerprint density at radius 1 is 1.53 bits per heavy atom. The van der Waals surface area contributed by atoms with Crippen LogP contribution in [0.25, 0.3) is 11.0 Å². The molecule has 0 aliphatic rings. The van der Waals surface area contributed by atoms with Crippen LogP contribution >= 0.6 is 11.3 Å². The molecule has 0 atom stereocenters.